The van der Waals surface area contributed by atoms with E-state index in [1.807, 2.05) is 48.7 Å². The molecule has 0 atom stereocenters. The maximum atomic E-state index is 5.31. The van der Waals surface area contributed by atoms with Crippen molar-refractivity contribution < 1.29 is 20.1 Å². The Morgan fingerprint density at radius 2 is 0.677 bits per heavy atom. The Bertz CT molecular complexity index is 3310. The molecule has 0 unspecified atom stereocenters. The molecule has 2 aromatic heterocycles. The fourth-order valence-corrected chi connectivity index (χ4v) is 8.42. The van der Waals surface area contributed by atoms with E-state index < -0.39 is 0 Å². The van der Waals surface area contributed by atoms with Crippen molar-refractivity contribution in [2.75, 3.05) is 0 Å². The van der Waals surface area contributed by atoms with Crippen LogP contribution in [0.3, 0.4) is 0 Å². The van der Waals surface area contributed by atoms with E-state index >= 15 is 0 Å². The summed E-state index contributed by atoms with van der Waals surface area (Å²) in [7, 11) is 0. The van der Waals surface area contributed by atoms with Crippen LogP contribution in [0, 0.1) is 6.07 Å². The molecule has 11 aromatic rings. The number of nitrogens with zero attached hydrogens (tertiary/aromatic N) is 4. The van der Waals surface area contributed by atoms with Crippen LogP contribution >= 0.6 is 0 Å². The second-order valence-corrected chi connectivity index (χ2v) is 15.8. The zero-order chi connectivity index (χ0) is 42.7. The average Bonchev–Trinajstić information content (AvgIpc) is 3.39. The van der Waals surface area contributed by atoms with Gasteiger partial charge in [-0.3, -0.25) is 0 Å². The summed E-state index contributed by atoms with van der Waals surface area (Å²) in [5, 5.41) is 2.18. The maximum absolute atomic E-state index is 5.31. The first-order valence-electron chi connectivity index (χ1n) is 21.4. The van der Waals surface area contributed by atoms with Crippen LogP contribution in [0.25, 0.3) is 112 Å². The van der Waals surface area contributed by atoms with Crippen molar-refractivity contribution in [3.05, 3.63) is 243 Å². The molecule has 0 saturated heterocycles. The van der Waals surface area contributed by atoms with Crippen molar-refractivity contribution >= 4 is 10.8 Å². The van der Waals surface area contributed by atoms with Gasteiger partial charge in [0.05, 0.1) is 0 Å². The van der Waals surface area contributed by atoms with E-state index in [-0.39, 0.29) is 20.1 Å². The number of benzene rings is 9. The molecule has 0 saturated carbocycles. The topological polar surface area (TPSA) is 51.6 Å². The molecule has 0 aliphatic rings. The first-order valence-corrected chi connectivity index (χ1v) is 21.4. The summed E-state index contributed by atoms with van der Waals surface area (Å²) in [5.41, 5.74) is 15.5. The molecule has 1 radical (unpaired) electrons. The van der Waals surface area contributed by atoms with Crippen molar-refractivity contribution in [2.45, 2.75) is 0 Å². The first-order chi connectivity index (χ1) is 31.7. The zero-order valence-electron chi connectivity index (χ0n) is 35.1. The van der Waals surface area contributed by atoms with Gasteiger partial charge in [0.25, 0.3) is 0 Å². The van der Waals surface area contributed by atoms with Gasteiger partial charge >= 0.3 is 0 Å². The molecule has 0 fully saturated rings. The number of rotatable bonds is 9. The third-order valence-corrected chi connectivity index (χ3v) is 11.6. The summed E-state index contributed by atoms with van der Waals surface area (Å²) in [6, 6.07) is 83.9. The summed E-state index contributed by atoms with van der Waals surface area (Å²) < 4.78 is 0. The molecule has 0 bridgehead atoms. The smallest absolute Gasteiger partial charge is 0.164 e. The van der Waals surface area contributed by atoms with Crippen LogP contribution in [0.5, 0.6) is 0 Å². The van der Waals surface area contributed by atoms with Crippen molar-refractivity contribution in [1.82, 2.24) is 19.9 Å². The van der Waals surface area contributed by atoms with Crippen molar-refractivity contribution in [3.8, 4) is 101 Å². The second kappa shape index (κ2) is 18.4. The summed E-state index contributed by atoms with van der Waals surface area (Å²) in [4.78, 5) is 20.7. The van der Waals surface area contributed by atoms with Crippen LogP contribution in [0.15, 0.2) is 237 Å². The van der Waals surface area contributed by atoms with Gasteiger partial charge in [0.1, 0.15) is 5.82 Å². The number of pyridine rings is 1. The van der Waals surface area contributed by atoms with Crippen molar-refractivity contribution in [2.24, 2.45) is 0 Å². The van der Waals surface area contributed by atoms with Gasteiger partial charge < -0.3 is 4.98 Å². The van der Waals surface area contributed by atoms with Crippen LogP contribution in [0.4, 0.5) is 0 Å². The SMILES string of the molecule is [Ir].[c-]1ccc(-c2nc(-c3cccc(-c4cc(-c5ccccc5)cc(-c5ccccc5)c4)c3)nc(-c3cc(-c4ccccc4)cc(-c4ccccc4)c3)n2)cc1-c1nccc2ccccc12. The van der Waals surface area contributed by atoms with Gasteiger partial charge in [-0.15, -0.1) is 29.8 Å². The van der Waals surface area contributed by atoms with Crippen LogP contribution in [0.2, 0.25) is 0 Å². The Morgan fingerprint density at radius 1 is 0.292 bits per heavy atom. The Balaban J connectivity index is 0.00000498. The molecule has 0 amide bonds. The van der Waals surface area contributed by atoms with Gasteiger partial charge in [0.15, 0.2) is 11.6 Å². The summed E-state index contributed by atoms with van der Waals surface area (Å²) in [6.07, 6.45) is 1.85. The molecule has 65 heavy (non-hydrogen) atoms. The quantitative estimate of drug-likeness (QED) is 0.135. The molecule has 2 heterocycles. The molecule has 4 nitrogen and oxygen atoms in total. The van der Waals surface area contributed by atoms with E-state index in [4.69, 9.17) is 19.9 Å². The van der Waals surface area contributed by atoms with Crippen LogP contribution < -0.4 is 0 Å². The predicted octanol–water partition coefficient (Wildman–Crippen LogP) is 15.2. The number of fused-ring (bicyclic) bond motifs is 1. The van der Waals surface area contributed by atoms with E-state index in [0.29, 0.717) is 17.5 Å². The Hall–Kier alpha value is -7.95. The standard InChI is InChI=1S/C60H39N4.Ir/c1-5-17-41(18-6-1)50-35-51(42-19-7-2-8-20-42)38-54(37-50)46-26-15-28-48(33-46)58-62-59(49-29-16-27-47(34-49)57-56-30-14-13-25-45(56)31-32-61-57)64-60(63-58)55-39-52(43-21-9-3-10-22-43)36-53(40-55)44-23-11-4-12-24-44;/h1-26,28-40H;/q-1;. The van der Waals surface area contributed by atoms with Crippen molar-refractivity contribution in [3.63, 3.8) is 0 Å². The molecule has 0 spiro atoms. The van der Waals surface area contributed by atoms with Crippen LogP contribution in [-0.4, -0.2) is 19.9 Å². The van der Waals surface area contributed by atoms with Gasteiger partial charge in [0, 0.05) is 37.4 Å². The van der Waals surface area contributed by atoms with E-state index in [1.165, 1.54) is 0 Å². The molecular formula is C60H39IrN4-. The zero-order valence-corrected chi connectivity index (χ0v) is 37.5. The Morgan fingerprint density at radius 3 is 1.20 bits per heavy atom. The molecule has 11 rings (SSSR count). The van der Waals surface area contributed by atoms with E-state index in [2.05, 4.69) is 194 Å². The minimum Gasteiger partial charge on any atom is -0.304 e. The summed E-state index contributed by atoms with van der Waals surface area (Å²) >= 11 is 0. The monoisotopic (exact) mass is 1010 g/mol. The first kappa shape index (κ1) is 41.1. The van der Waals surface area contributed by atoms with E-state index in [0.717, 1.165) is 94.4 Å². The average molecular weight is 1010 g/mol. The second-order valence-electron chi connectivity index (χ2n) is 15.8. The normalized spacial score (nSPS) is 11.0. The van der Waals surface area contributed by atoms with Gasteiger partial charge in [-0.1, -0.05) is 169 Å². The minimum absolute atomic E-state index is 0. The van der Waals surface area contributed by atoms with Crippen LogP contribution in [0.1, 0.15) is 0 Å². The molecular weight excluding hydrogens is 969 g/mol. The summed E-state index contributed by atoms with van der Waals surface area (Å²) in [5.74, 6) is 1.72. The van der Waals surface area contributed by atoms with Crippen molar-refractivity contribution in [1.29, 1.82) is 0 Å². The van der Waals surface area contributed by atoms with Gasteiger partial charge in [0.2, 0.25) is 0 Å². The molecule has 0 N–H and O–H groups in total. The third kappa shape index (κ3) is 8.72. The van der Waals surface area contributed by atoms with Gasteiger partial charge in [-0.25, -0.2) is 15.0 Å². The molecule has 5 heteroatoms. The number of hydrogen-bond acceptors (Lipinski definition) is 4. The number of aromatic nitrogens is 4. The van der Waals surface area contributed by atoms with E-state index in [9.17, 15) is 0 Å². The minimum atomic E-state index is 0. The van der Waals surface area contributed by atoms with Gasteiger partial charge in [-0.2, -0.15) is 0 Å². The molecule has 0 aliphatic heterocycles. The summed E-state index contributed by atoms with van der Waals surface area (Å²) in [6.45, 7) is 0. The Labute approximate surface area is 392 Å². The fraction of sp³-hybridized carbons (Fsp3) is 0. The number of hydrogen-bond donors (Lipinski definition) is 0. The van der Waals surface area contributed by atoms with Gasteiger partial charge in [-0.05, 0) is 121 Å². The maximum Gasteiger partial charge on any atom is 0.164 e. The van der Waals surface area contributed by atoms with Crippen LogP contribution in [-0.2, 0) is 20.1 Å². The third-order valence-electron chi connectivity index (χ3n) is 11.6. The predicted molar refractivity (Wildman–Crippen MR) is 263 cm³/mol. The molecule has 309 valence electrons. The molecule has 9 aromatic carbocycles. The Kier molecular flexibility index (Phi) is 11.6. The largest absolute Gasteiger partial charge is 0.304 e. The van der Waals surface area contributed by atoms with E-state index in [1.54, 1.807) is 0 Å². The molecule has 0 aliphatic carbocycles. The fourth-order valence-electron chi connectivity index (χ4n) is 8.42.